The minimum absolute atomic E-state index is 0.356. The van der Waals surface area contributed by atoms with Crippen molar-refractivity contribution >= 4 is 17.1 Å². The molecule has 0 fully saturated rings. The summed E-state index contributed by atoms with van der Waals surface area (Å²) in [5, 5.41) is 0. The van der Waals surface area contributed by atoms with Crippen molar-refractivity contribution in [2.75, 3.05) is 4.90 Å². The number of benzene rings is 7. The van der Waals surface area contributed by atoms with Gasteiger partial charge < -0.3 is 4.90 Å². The van der Waals surface area contributed by atoms with Gasteiger partial charge in [0.2, 0.25) is 0 Å². The van der Waals surface area contributed by atoms with E-state index >= 15 is 0 Å². The number of hydrogen-bond acceptors (Lipinski definition) is 1. The van der Waals surface area contributed by atoms with Gasteiger partial charge in [-0.05, 0) is 92.4 Å². The topological polar surface area (TPSA) is 3.24 Å². The van der Waals surface area contributed by atoms with Gasteiger partial charge >= 0.3 is 0 Å². The first-order valence-corrected chi connectivity index (χ1v) is 17.6. The van der Waals surface area contributed by atoms with Crippen molar-refractivity contribution in [1.29, 1.82) is 0 Å². The molecule has 1 spiro atoms. The highest BCUT2D eigenvalue weighted by molar-refractivity contribution is 6.01. The molecule has 0 amide bonds. The van der Waals surface area contributed by atoms with Crippen molar-refractivity contribution in [1.82, 2.24) is 0 Å². The van der Waals surface area contributed by atoms with Crippen LogP contribution in [-0.2, 0) is 5.41 Å². The fourth-order valence-electron chi connectivity index (χ4n) is 8.92. The largest absolute Gasteiger partial charge is 0.310 e. The average molecular weight is 638 g/mol. The predicted molar refractivity (Wildman–Crippen MR) is 208 cm³/mol. The Kier molecular flexibility index (Phi) is 6.60. The van der Waals surface area contributed by atoms with Gasteiger partial charge in [0.05, 0.1) is 11.1 Å². The monoisotopic (exact) mass is 637 g/mol. The summed E-state index contributed by atoms with van der Waals surface area (Å²) >= 11 is 0. The van der Waals surface area contributed by atoms with Gasteiger partial charge in [-0.25, -0.2) is 0 Å². The first kappa shape index (κ1) is 28.8. The van der Waals surface area contributed by atoms with E-state index in [4.69, 9.17) is 0 Å². The van der Waals surface area contributed by atoms with Crippen molar-refractivity contribution in [3.8, 4) is 33.4 Å². The standard InChI is InChI=1S/C49H35N/c1-3-16-34(17-4-1)36-20-13-22-38(32-36)50(39-23-14-21-37(33-39)35-18-5-2-6-19-35)47-31-15-30-46-48(47)42-26-9-12-29-45(42)49(46)43-27-10-7-24-40(43)41-25-8-11-28-44(41)49/h1-18,20-33,35H,19H2. The Balaban J connectivity index is 1.26. The number of allylic oxidation sites excluding steroid dienone is 4. The number of rotatable bonds is 5. The van der Waals surface area contributed by atoms with Gasteiger partial charge in [-0.1, -0.05) is 164 Å². The molecule has 0 saturated carbocycles. The highest BCUT2D eigenvalue weighted by atomic mass is 15.1. The molecule has 0 bridgehead atoms. The quantitative estimate of drug-likeness (QED) is 0.181. The Bertz CT molecular complexity index is 2440. The molecule has 1 heteroatoms. The molecule has 50 heavy (non-hydrogen) atoms. The summed E-state index contributed by atoms with van der Waals surface area (Å²) in [6.07, 6.45) is 9.95. The first-order valence-electron chi connectivity index (χ1n) is 17.6. The second-order valence-corrected chi connectivity index (χ2v) is 13.6. The number of fused-ring (bicyclic) bond motifs is 10. The van der Waals surface area contributed by atoms with Gasteiger partial charge in [0, 0.05) is 22.9 Å². The van der Waals surface area contributed by atoms with Crippen molar-refractivity contribution in [3.05, 3.63) is 222 Å². The first-order chi connectivity index (χ1) is 24.8. The molecule has 236 valence electrons. The summed E-state index contributed by atoms with van der Waals surface area (Å²) in [6.45, 7) is 0. The maximum absolute atomic E-state index is 2.50. The van der Waals surface area contributed by atoms with Crippen molar-refractivity contribution in [3.63, 3.8) is 0 Å². The minimum atomic E-state index is -0.395. The molecule has 0 aliphatic heterocycles. The smallest absolute Gasteiger partial charge is 0.0726 e. The van der Waals surface area contributed by atoms with Crippen LogP contribution in [0.1, 0.15) is 40.2 Å². The van der Waals surface area contributed by atoms with E-state index < -0.39 is 5.41 Å². The van der Waals surface area contributed by atoms with E-state index in [0.29, 0.717) is 5.92 Å². The zero-order chi connectivity index (χ0) is 33.1. The molecule has 7 aromatic carbocycles. The summed E-state index contributed by atoms with van der Waals surface area (Å²) in [4.78, 5) is 2.50. The molecule has 7 aromatic rings. The summed E-state index contributed by atoms with van der Waals surface area (Å²) in [7, 11) is 0. The fourth-order valence-corrected chi connectivity index (χ4v) is 8.92. The summed E-state index contributed by atoms with van der Waals surface area (Å²) in [5.41, 5.74) is 17.5. The van der Waals surface area contributed by atoms with Crippen molar-refractivity contribution < 1.29 is 0 Å². The van der Waals surface area contributed by atoms with E-state index in [-0.39, 0.29) is 0 Å². The molecule has 1 unspecified atom stereocenters. The van der Waals surface area contributed by atoms with Crippen LogP contribution >= 0.6 is 0 Å². The van der Waals surface area contributed by atoms with E-state index in [2.05, 4.69) is 199 Å². The Hall–Kier alpha value is -6.18. The SMILES string of the molecule is C1=CCC(c2cccc(N(c3cccc(-c4ccccc4)c3)c3cccc4c3-c3ccccc3C43c4ccccc4-c4ccccc43)c2)C=C1. The minimum Gasteiger partial charge on any atom is -0.310 e. The lowest BCUT2D eigenvalue weighted by molar-refractivity contribution is 0.794. The van der Waals surface area contributed by atoms with Crippen LogP contribution in [0, 0.1) is 0 Å². The summed E-state index contributed by atoms with van der Waals surface area (Å²) in [5.74, 6) is 0.356. The van der Waals surface area contributed by atoms with Crippen molar-refractivity contribution in [2.45, 2.75) is 17.8 Å². The Morgan fingerprint density at radius 1 is 0.460 bits per heavy atom. The van der Waals surface area contributed by atoms with Crippen LogP contribution in [0.3, 0.4) is 0 Å². The molecule has 3 aliphatic rings. The molecule has 10 rings (SSSR count). The summed E-state index contributed by atoms with van der Waals surface area (Å²) < 4.78 is 0. The van der Waals surface area contributed by atoms with Gasteiger partial charge in [0.1, 0.15) is 0 Å². The molecule has 0 N–H and O–H groups in total. The van der Waals surface area contributed by atoms with Crippen LogP contribution in [0.25, 0.3) is 33.4 Å². The molecule has 1 atom stereocenters. The fraction of sp³-hybridized carbons (Fsp3) is 0.0612. The van der Waals surface area contributed by atoms with Gasteiger partial charge in [-0.2, -0.15) is 0 Å². The lowest BCUT2D eigenvalue weighted by Gasteiger charge is -2.32. The van der Waals surface area contributed by atoms with Crippen LogP contribution in [-0.4, -0.2) is 0 Å². The molecule has 1 nitrogen and oxygen atoms in total. The second-order valence-electron chi connectivity index (χ2n) is 13.6. The van der Waals surface area contributed by atoms with Gasteiger partial charge in [-0.3, -0.25) is 0 Å². The van der Waals surface area contributed by atoms with E-state index in [0.717, 1.165) is 17.8 Å². The number of anilines is 3. The molecule has 0 aromatic heterocycles. The van der Waals surface area contributed by atoms with Crippen LogP contribution in [0.5, 0.6) is 0 Å². The molecule has 0 saturated heterocycles. The van der Waals surface area contributed by atoms with Crippen LogP contribution in [0.15, 0.2) is 194 Å². The maximum Gasteiger partial charge on any atom is 0.0726 e. The van der Waals surface area contributed by atoms with E-state index in [1.54, 1.807) is 0 Å². The second kappa shape index (κ2) is 11.5. The van der Waals surface area contributed by atoms with Crippen LogP contribution in [0.4, 0.5) is 17.1 Å². The highest BCUT2D eigenvalue weighted by Crippen LogP contribution is 2.64. The van der Waals surface area contributed by atoms with Crippen LogP contribution in [0.2, 0.25) is 0 Å². The predicted octanol–water partition coefficient (Wildman–Crippen LogP) is 12.8. The van der Waals surface area contributed by atoms with Crippen molar-refractivity contribution in [2.24, 2.45) is 0 Å². The zero-order valence-corrected chi connectivity index (χ0v) is 27.7. The molecule has 0 radical (unpaired) electrons. The molecular formula is C49H35N. The Labute approximate surface area is 294 Å². The molecule has 0 heterocycles. The third kappa shape index (κ3) is 4.20. The Morgan fingerprint density at radius 3 is 1.76 bits per heavy atom. The average Bonchev–Trinajstić information content (AvgIpc) is 3.67. The van der Waals surface area contributed by atoms with Gasteiger partial charge in [-0.15, -0.1) is 0 Å². The number of hydrogen-bond donors (Lipinski definition) is 0. The van der Waals surface area contributed by atoms with E-state index in [1.807, 2.05) is 0 Å². The zero-order valence-electron chi connectivity index (χ0n) is 27.7. The molecule has 3 aliphatic carbocycles. The third-order valence-electron chi connectivity index (χ3n) is 11.0. The lowest BCUT2D eigenvalue weighted by Crippen LogP contribution is -2.26. The number of nitrogens with zero attached hydrogens (tertiary/aromatic N) is 1. The normalized spacial score (nSPS) is 15.7. The van der Waals surface area contributed by atoms with Gasteiger partial charge in [0.15, 0.2) is 0 Å². The third-order valence-corrected chi connectivity index (χ3v) is 11.0. The Morgan fingerprint density at radius 2 is 1.04 bits per heavy atom. The maximum atomic E-state index is 2.50. The van der Waals surface area contributed by atoms with Gasteiger partial charge in [0.25, 0.3) is 0 Å². The molecular weight excluding hydrogens is 603 g/mol. The summed E-state index contributed by atoms with van der Waals surface area (Å²) in [6, 6.07) is 63.1. The van der Waals surface area contributed by atoms with E-state index in [9.17, 15) is 0 Å². The lowest BCUT2D eigenvalue weighted by atomic mass is 9.70. The van der Waals surface area contributed by atoms with E-state index in [1.165, 1.54) is 66.9 Å². The van der Waals surface area contributed by atoms with Crippen LogP contribution < -0.4 is 4.90 Å². The highest BCUT2D eigenvalue weighted by Gasteiger charge is 2.52.